The molecule has 1 heterocycles. The van der Waals surface area contributed by atoms with E-state index in [1.807, 2.05) is 0 Å². The first-order chi connectivity index (χ1) is 8.72. The van der Waals surface area contributed by atoms with E-state index in [1.165, 1.54) is 6.20 Å². The number of hydrogen-bond donors (Lipinski definition) is 2. The van der Waals surface area contributed by atoms with Gasteiger partial charge < -0.3 is 15.2 Å². The Morgan fingerprint density at radius 3 is 2.67 bits per heavy atom. The van der Waals surface area contributed by atoms with Crippen molar-refractivity contribution in [1.29, 1.82) is 0 Å². The molecule has 0 aliphatic heterocycles. The highest BCUT2D eigenvalue weighted by molar-refractivity contribution is 6.31. The van der Waals surface area contributed by atoms with Crippen LogP contribution in [0.3, 0.4) is 0 Å². The number of rotatable bonds is 4. The molecular formula is C12H12ClN3O2. The standard InChI is InChI=1S/C12H12ClN3O2/c1-14-12-15-6-10(13)11(16-12)18-9-4-2-8(7-17)3-5-9/h2-6,17H,7H2,1H3,(H,14,15,16). The molecule has 6 heteroatoms. The van der Waals surface area contributed by atoms with Crippen LogP contribution in [0.2, 0.25) is 5.02 Å². The zero-order valence-corrected chi connectivity index (χ0v) is 10.5. The normalized spacial score (nSPS) is 10.2. The first-order valence-electron chi connectivity index (χ1n) is 5.31. The Bertz CT molecular complexity index is 531. The highest BCUT2D eigenvalue weighted by Crippen LogP contribution is 2.27. The maximum atomic E-state index is 8.94. The second kappa shape index (κ2) is 5.66. The summed E-state index contributed by atoms with van der Waals surface area (Å²) in [6, 6.07) is 7.01. The monoisotopic (exact) mass is 265 g/mol. The molecule has 0 radical (unpaired) electrons. The van der Waals surface area contributed by atoms with Gasteiger partial charge in [0.2, 0.25) is 11.8 Å². The fourth-order valence-electron chi connectivity index (χ4n) is 1.32. The average Bonchev–Trinajstić information content (AvgIpc) is 2.42. The van der Waals surface area contributed by atoms with Gasteiger partial charge >= 0.3 is 0 Å². The number of aromatic nitrogens is 2. The molecular weight excluding hydrogens is 254 g/mol. The van der Waals surface area contributed by atoms with Crippen molar-refractivity contribution in [3.8, 4) is 11.6 Å². The van der Waals surface area contributed by atoms with E-state index in [0.717, 1.165) is 5.56 Å². The second-order valence-corrected chi connectivity index (χ2v) is 3.91. The summed E-state index contributed by atoms with van der Waals surface area (Å²) in [5.74, 6) is 1.31. The molecule has 0 aliphatic rings. The molecule has 0 unspecified atom stereocenters. The molecule has 1 aromatic heterocycles. The highest BCUT2D eigenvalue weighted by atomic mass is 35.5. The van der Waals surface area contributed by atoms with Crippen LogP contribution < -0.4 is 10.1 Å². The Labute approximate surface area is 109 Å². The Hall–Kier alpha value is -1.85. The van der Waals surface area contributed by atoms with Gasteiger partial charge in [-0.1, -0.05) is 23.7 Å². The Kier molecular flexibility index (Phi) is 3.96. The van der Waals surface area contributed by atoms with E-state index < -0.39 is 0 Å². The predicted molar refractivity (Wildman–Crippen MR) is 69.0 cm³/mol. The van der Waals surface area contributed by atoms with E-state index in [4.69, 9.17) is 21.4 Å². The molecule has 18 heavy (non-hydrogen) atoms. The van der Waals surface area contributed by atoms with Gasteiger partial charge in [0.05, 0.1) is 12.8 Å². The van der Waals surface area contributed by atoms with Crippen LogP contribution in [0.5, 0.6) is 11.6 Å². The van der Waals surface area contributed by atoms with Crippen LogP contribution in [0.25, 0.3) is 0 Å². The maximum absolute atomic E-state index is 8.94. The number of nitrogens with zero attached hydrogens (tertiary/aromatic N) is 2. The number of nitrogens with one attached hydrogen (secondary N) is 1. The Morgan fingerprint density at radius 1 is 1.33 bits per heavy atom. The lowest BCUT2D eigenvalue weighted by Crippen LogP contribution is -1.98. The van der Waals surface area contributed by atoms with Gasteiger partial charge in [0.15, 0.2) is 0 Å². The first kappa shape index (κ1) is 12.6. The number of benzene rings is 1. The van der Waals surface area contributed by atoms with Gasteiger partial charge in [-0.15, -0.1) is 0 Å². The van der Waals surface area contributed by atoms with Crippen LogP contribution in [0.1, 0.15) is 5.56 Å². The van der Waals surface area contributed by atoms with Gasteiger partial charge in [0, 0.05) is 7.05 Å². The minimum Gasteiger partial charge on any atom is -0.437 e. The lowest BCUT2D eigenvalue weighted by molar-refractivity contribution is 0.281. The summed E-state index contributed by atoms with van der Waals surface area (Å²) >= 11 is 5.94. The second-order valence-electron chi connectivity index (χ2n) is 3.50. The first-order valence-corrected chi connectivity index (χ1v) is 5.68. The lowest BCUT2D eigenvalue weighted by atomic mass is 10.2. The summed E-state index contributed by atoms with van der Waals surface area (Å²) in [4.78, 5) is 8.06. The summed E-state index contributed by atoms with van der Waals surface area (Å²) in [5.41, 5.74) is 0.812. The summed E-state index contributed by atoms with van der Waals surface area (Å²) in [6.45, 7) is -0.00154. The maximum Gasteiger partial charge on any atom is 0.243 e. The van der Waals surface area contributed by atoms with Crippen molar-refractivity contribution in [3.05, 3.63) is 41.0 Å². The third kappa shape index (κ3) is 2.88. The molecule has 0 fully saturated rings. The van der Waals surface area contributed by atoms with Crippen molar-refractivity contribution in [2.45, 2.75) is 6.61 Å². The molecule has 2 aromatic rings. The van der Waals surface area contributed by atoms with Crippen LogP contribution >= 0.6 is 11.6 Å². The molecule has 2 rings (SSSR count). The van der Waals surface area contributed by atoms with Crippen molar-refractivity contribution in [1.82, 2.24) is 9.97 Å². The fraction of sp³-hybridized carbons (Fsp3) is 0.167. The van der Waals surface area contributed by atoms with Crippen LogP contribution in [-0.4, -0.2) is 22.1 Å². The minimum absolute atomic E-state index is 0.00154. The number of aliphatic hydroxyl groups excluding tert-OH is 1. The van der Waals surface area contributed by atoms with Gasteiger partial charge in [-0.25, -0.2) is 4.98 Å². The Morgan fingerprint density at radius 2 is 2.06 bits per heavy atom. The molecule has 0 saturated heterocycles. The van der Waals surface area contributed by atoms with Crippen molar-refractivity contribution in [2.24, 2.45) is 0 Å². The lowest BCUT2D eigenvalue weighted by Gasteiger charge is -2.08. The van der Waals surface area contributed by atoms with Crippen molar-refractivity contribution in [3.63, 3.8) is 0 Å². The quantitative estimate of drug-likeness (QED) is 0.889. The van der Waals surface area contributed by atoms with Crippen LogP contribution in [0.4, 0.5) is 5.95 Å². The molecule has 1 aromatic carbocycles. The van der Waals surface area contributed by atoms with E-state index in [0.29, 0.717) is 16.7 Å². The minimum atomic E-state index is -0.00154. The van der Waals surface area contributed by atoms with Crippen molar-refractivity contribution in [2.75, 3.05) is 12.4 Å². The van der Waals surface area contributed by atoms with Crippen LogP contribution in [-0.2, 0) is 6.61 Å². The van der Waals surface area contributed by atoms with E-state index in [2.05, 4.69) is 15.3 Å². The number of hydrogen-bond acceptors (Lipinski definition) is 5. The van der Waals surface area contributed by atoms with Gasteiger partial charge in [-0.3, -0.25) is 0 Å². The Balaban J connectivity index is 2.21. The molecule has 5 nitrogen and oxygen atoms in total. The smallest absolute Gasteiger partial charge is 0.243 e. The fourth-order valence-corrected chi connectivity index (χ4v) is 1.45. The SMILES string of the molecule is CNc1ncc(Cl)c(Oc2ccc(CO)cc2)n1. The number of aliphatic hydroxyl groups is 1. The number of ether oxygens (including phenoxy) is 1. The zero-order chi connectivity index (χ0) is 13.0. The van der Waals surface area contributed by atoms with Crippen molar-refractivity contribution < 1.29 is 9.84 Å². The van der Waals surface area contributed by atoms with Gasteiger partial charge in [-0.2, -0.15) is 4.98 Å². The van der Waals surface area contributed by atoms with E-state index in [9.17, 15) is 0 Å². The van der Waals surface area contributed by atoms with Gasteiger partial charge in [0.25, 0.3) is 0 Å². The van der Waals surface area contributed by atoms with Crippen LogP contribution in [0, 0.1) is 0 Å². The van der Waals surface area contributed by atoms with Gasteiger partial charge in [-0.05, 0) is 17.7 Å². The van der Waals surface area contributed by atoms with Crippen molar-refractivity contribution >= 4 is 17.5 Å². The molecule has 0 amide bonds. The third-order valence-corrected chi connectivity index (χ3v) is 2.52. The molecule has 0 saturated carbocycles. The summed E-state index contributed by atoms with van der Waals surface area (Å²) < 4.78 is 5.55. The predicted octanol–water partition coefficient (Wildman–Crippen LogP) is 2.46. The average molecular weight is 266 g/mol. The molecule has 94 valence electrons. The summed E-state index contributed by atoms with van der Waals surface area (Å²) in [7, 11) is 1.71. The van der Waals surface area contributed by atoms with Crippen LogP contribution in [0.15, 0.2) is 30.5 Å². The summed E-state index contributed by atoms with van der Waals surface area (Å²) in [5, 5.41) is 12.1. The highest BCUT2D eigenvalue weighted by Gasteiger charge is 2.07. The molecule has 0 bridgehead atoms. The topological polar surface area (TPSA) is 67.3 Å². The van der Waals surface area contributed by atoms with Gasteiger partial charge in [0.1, 0.15) is 10.8 Å². The number of halogens is 1. The van der Waals surface area contributed by atoms with E-state index in [-0.39, 0.29) is 12.5 Å². The third-order valence-electron chi connectivity index (χ3n) is 2.26. The molecule has 0 spiro atoms. The zero-order valence-electron chi connectivity index (χ0n) is 9.72. The van der Waals surface area contributed by atoms with E-state index in [1.54, 1.807) is 31.3 Å². The molecule has 0 atom stereocenters. The number of anilines is 1. The van der Waals surface area contributed by atoms with E-state index >= 15 is 0 Å². The molecule has 2 N–H and O–H groups in total. The summed E-state index contributed by atoms with van der Waals surface area (Å²) in [6.07, 6.45) is 1.47. The molecule has 0 aliphatic carbocycles. The largest absolute Gasteiger partial charge is 0.437 e.